The van der Waals surface area contributed by atoms with E-state index in [1.165, 1.54) is 4.90 Å². The summed E-state index contributed by atoms with van der Waals surface area (Å²) in [5.74, 6) is -0.213. The smallest absolute Gasteiger partial charge is 0.228 e. The Morgan fingerprint density at radius 2 is 2.05 bits per heavy atom. The van der Waals surface area contributed by atoms with Gasteiger partial charge in [-0.15, -0.1) is 0 Å². The van der Waals surface area contributed by atoms with Crippen molar-refractivity contribution in [2.75, 3.05) is 30.4 Å². The van der Waals surface area contributed by atoms with Crippen molar-refractivity contribution in [2.45, 2.75) is 11.7 Å². The van der Waals surface area contributed by atoms with Gasteiger partial charge in [-0.2, -0.15) is 0 Å². The molecule has 1 aliphatic rings. The lowest BCUT2D eigenvalue weighted by molar-refractivity contribution is -0.117. The highest BCUT2D eigenvalue weighted by atomic mass is 32.2. The number of primary sulfonamides is 1. The Bertz CT molecular complexity index is 598. The molecule has 0 aromatic heterocycles. The third-order valence-corrected chi connectivity index (χ3v) is 4.46. The first-order valence-electron chi connectivity index (χ1n) is 5.88. The quantitative estimate of drug-likeness (QED) is 0.855. The predicted octanol–water partition coefficient (Wildman–Crippen LogP) is 0.146. The molecule has 0 aliphatic carbocycles. The van der Waals surface area contributed by atoms with Crippen LogP contribution < -0.4 is 14.9 Å². The van der Waals surface area contributed by atoms with E-state index in [4.69, 9.17) is 5.14 Å². The summed E-state index contributed by atoms with van der Waals surface area (Å²) < 4.78 is 22.6. The third-order valence-electron chi connectivity index (χ3n) is 3.21. The lowest BCUT2D eigenvalue weighted by Gasteiger charge is -2.19. The average molecular weight is 283 g/mol. The number of hydrogen-bond donors (Lipinski definition) is 1. The number of nitrogens with zero attached hydrogens (tertiary/aromatic N) is 2. The minimum absolute atomic E-state index is 0.0506. The molecule has 1 heterocycles. The van der Waals surface area contributed by atoms with Crippen molar-refractivity contribution in [1.82, 2.24) is 0 Å². The summed E-state index contributed by atoms with van der Waals surface area (Å²) in [5.41, 5.74) is 1.65. The van der Waals surface area contributed by atoms with Gasteiger partial charge < -0.3 is 9.80 Å². The Kier molecular flexibility index (Phi) is 3.51. The number of hydrogen-bond acceptors (Lipinski definition) is 4. The van der Waals surface area contributed by atoms with Crippen LogP contribution in [0.25, 0.3) is 0 Å². The number of sulfonamides is 1. The van der Waals surface area contributed by atoms with Crippen molar-refractivity contribution in [3.05, 3.63) is 24.3 Å². The first-order chi connectivity index (χ1) is 8.79. The Balaban J connectivity index is 2.28. The first-order valence-corrected chi connectivity index (χ1v) is 7.49. The summed E-state index contributed by atoms with van der Waals surface area (Å²) >= 11 is 0. The van der Waals surface area contributed by atoms with E-state index in [0.717, 1.165) is 5.69 Å². The van der Waals surface area contributed by atoms with Crippen LogP contribution in [-0.2, 0) is 14.8 Å². The van der Waals surface area contributed by atoms with Gasteiger partial charge in [0.05, 0.1) is 0 Å². The van der Waals surface area contributed by atoms with E-state index in [1.54, 1.807) is 6.07 Å². The van der Waals surface area contributed by atoms with Crippen LogP contribution in [0, 0.1) is 0 Å². The normalized spacial score (nSPS) is 19.8. The zero-order valence-corrected chi connectivity index (χ0v) is 11.7. The van der Waals surface area contributed by atoms with Crippen LogP contribution in [0.5, 0.6) is 0 Å². The van der Waals surface area contributed by atoms with E-state index in [1.807, 2.05) is 37.2 Å². The van der Waals surface area contributed by atoms with Gasteiger partial charge >= 0.3 is 0 Å². The maximum Gasteiger partial charge on any atom is 0.228 e. The van der Waals surface area contributed by atoms with Crippen molar-refractivity contribution in [3.8, 4) is 0 Å². The standard InChI is InChI=1S/C12H17N3O3S/c1-14(2)9-4-3-5-10(6-9)15-8-11(7-12(15)16)19(13,17)18/h3-6,11H,7-8H2,1-2H3,(H2,13,17,18). The molecule has 1 amide bonds. The van der Waals surface area contributed by atoms with Gasteiger partial charge in [0, 0.05) is 38.4 Å². The van der Waals surface area contributed by atoms with E-state index < -0.39 is 15.3 Å². The van der Waals surface area contributed by atoms with Crippen molar-refractivity contribution in [3.63, 3.8) is 0 Å². The fraction of sp³-hybridized carbons (Fsp3) is 0.417. The van der Waals surface area contributed by atoms with Gasteiger partial charge in [0.1, 0.15) is 5.25 Å². The summed E-state index contributed by atoms with van der Waals surface area (Å²) in [6, 6.07) is 7.39. The molecule has 104 valence electrons. The molecule has 0 bridgehead atoms. The van der Waals surface area contributed by atoms with Crippen LogP contribution in [0.1, 0.15) is 6.42 Å². The molecule has 1 aliphatic heterocycles. The Hall–Kier alpha value is -1.60. The molecule has 1 aromatic carbocycles. The second-order valence-corrected chi connectivity index (χ2v) is 6.68. The summed E-state index contributed by atoms with van der Waals surface area (Å²) in [4.78, 5) is 15.3. The number of rotatable bonds is 3. The maximum atomic E-state index is 11.9. The molecule has 7 heteroatoms. The zero-order valence-electron chi connectivity index (χ0n) is 10.9. The van der Waals surface area contributed by atoms with Crippen LogP contribution >= 0.6 is 0 Å². The molecule has 0 radical (unpaired) electrons. The number of benzene rings is 1. The number of nitrogens with two attached hydrogens (primary N) is 1. The van der Waals surface area contributed by atoms with Gasteiger partial charge in [0.15, 0.2) is 0 Å². The SMILES string of the molecule is CN(C)c1cccc(N2CC(S(N)(=O)=O)CC2=O)c1. The lowest BCUT2D eigenvalue weighted by atomic mass is 10.2. The molecule has 2 N–H and O–H groups in total. The van der Waals surface area contributed by atoms with Crippen LogP contribution in [0.3, 0.4) is 0 Å². The minimum atomic E-state index is -3.68. The summed E-state index contributed by atoms with van der Waals surface area (Å²) in [5, 5.41) is 4.29. The van der Waals surface area contributed by atoms with Crippen molar-refractivity contribution in [1.29, 1.82) is 0 Å². The first kappa shape index (κ1) is 13.8. The Morgan fingerprint density at radius 1 is 1.37 bits per heavy atom. The second kappa shape index (κ2) is 4.82. The highest BCUT2D eigenvalue weighted by Gasteiger charge is 2.37. The highest BCUT2D eigenvalue weighted by molar-refractivity contribution is 7.89. The van der Waals surface area contributed by atoms with E-state index in [9.17, 15) is 13.2 Å². The monoisotopic (exact) mass is 283 g/mol. The van der Waals surface area contributed by atoms with Gasteiger partial charge in [0.25, 0.3) is 0 Å². The molecule has 1 fully saturated rings. The fourth-order valence-electron chi connectivity index (χ4n) is 2.08. The zero-order chi connectivity index (χ0) is 14.2. The molecule has 19 heavy (non-hydrogen) atoms. The van der Waals surface area contributed by atoms with E-state index in [0.29, 0.717) is 5.69 Å². The van der Waals surface area contributed by atoms with Gasteiger partial charge in [-0.3, -0.25) is 4.79 Å². The summed E-state index contributed by atoms with van der Waals surface area (Å²) in [6.45, 7) is 0.120. The molecule has 0 saturated carbocycles. The largest absolute Gasteiger partial charge is 0.378 e. The van der Waals surface area contributed by atoms with Crippen molar-refractivity contribution < 1.29 is 13.2 Å². The molecule has 1 saturated heterocycles. The molecule has 2 rings (SSSR count). The van der Waals surface area contributed by atoms with Gasteiger partial charge in [-0.05, 0) is 18.2 Å². The maximum absolute atomic E-state index is 11.9. The molecule has 6 nitrogen and oxygen atoms in total. The topological polar surface area (TPSA) is 83.7 Å². The molecule has 1 unspecified atom stereocenters. The summed E-state index contributed by atoms with van der Waals surface area (Å²) in [6.07, 6.45) is -0.0506. The minimum Gasteiger partial charge on any atom is -0.378 e. The van der Waals surface area contributed by atoms with Crippen molar-refractivity contribution in [2.24, 2.45) is 5.14 Å². The second-order valence-electron chi connectivity index (χ2n) is 4.83. The summed E-state index contributed by atoms with van der Waals surface area (Å²) in [7, 11) is 0.126. The van der Waals surface area contributed by atoms with Crippen LogP contribution in [0.4, 0.5) is 11.4 Å². The number of amides is 1. The van der Waals surface area contributed by atoms with Gasteiger partial charge in [-0.1, -0.05) is 6.07 Å². The third kappa shape index (κ3) is 2.87. The van der Waals surface area contributed by atoms with E-state index in [2.05, 4.69) is 0 Å². The molecular weight excluding hydrogens is 266 g/mol. The van der Waals surface area contributed by atoms with Crippen LogP contribution in [0.15, 0.2) is 24.3 Å². The van der Waals surface area contributed by atoms with Crippen LogP contribution in [0.2, 0.25) is 0 Å². The molecule has 0 spiro atoms. The predicted molar refractivity (Wildman–Crippen MR) is 74.6 cm³/mol. The number of carbonyl (C=O) groups excluding carboxylic acids is 1. The number of anilines is 2. The highest BCUT2D eigenvalue weighted by Crippen LogP contribution is 2.27. The Morgan fingerprint density at radius 3 is 2.58 bits per heavy atom. The van der Waals surface area contributed by atoms with E-state index >= 15 is 0 Å². The van der Waals surface area contributed by atoms with Crippen molar-refractivity contribution >= 4 is 27.3 Å². The van der Waals surface area contributed by atoms with E-state index in [-0.39, 0.29) is 18.9 Å². The number of carbonyl (C=O) groups is 1. The lowest BCUT2D eigenvalue weighted by Crippen LogP contribution is -2.32. The van der Waals surface area contributed by atoms with Gasteiger partial charge in [0.2, 0.25) is 15.9 Å². The Labute approximate surface area is 112 Å². The molecule has 1 atom stereocenters. The fourth-order valence-corrected chi connectivity index (χ4v) is 2.82. The average Bonchev–Trinajstić information content (AvgIpc) is 2.71. The van der Waals surface area contributed by atoms with Gasteiger partial charge in [-0.25, -0.2) is 13.6 Å². The molecule has 1 aromatic rings. The van der Waals surface area contributed by atoms with Crippen LogP contribution in [-0.4, -0.2) is 40.2 Å². The molecular formula is C12H17N3O3S.